The number of aromatic nitrogens is 1. The second kappa shape index (κ2) is 9.58. The minimum atomic E-state index is -4.12. The van der Waals surface area contributed by atoms with Crippen molar-refractivity contribution in [1.82, 2.24) is 4.98 Å². The van der Waals surface area contributed by atoms with Gasteiger partial charge in [-0.3, -0.25) is 9.71 Å². The number of nitrogens with zero attached hydrogens (tertiary/aromatic N) is 1. The largest absolute Gasteiger partial charge is 0.389 e. The van der Waals surface area contributed by atoms with Crippen molar-refractivity contribution in [2.24, 2.45) is 0 Å². The molecule has 0 aliphatic carbocycles. The minimum Gasteiger partial charge on any atom is -0.284 e. The van der Waals surface area contributed by atoms with Crippen LogP contribution in [0.1, 0.15) is 25.0 Å². The molecule has 10 heteroatoms. The van der Waals surface area contributed by atoms with E-state index in [0.29, 0.717) is 23.6 Å². The molecular weight excluding hydrogens is 469 g/mol. The van der Waals surface area contributed by atoms with Crippen LogP contribution in [0, 0.1) is 0 Å². The molecule has 1 aromatic carbocycles. The Balaban J connectivity index is 1.72. The van der Waals surface area contributed by atoms with E-state index in [9.17, 15) is 21.6 Å². The molecule has 0 saturated carbocycles. The van der Waals surface area contributed by atoms with E-state index in [4.69, 9.17) is 11.6 Å². The molecule has 0 bridgehead atoms. The van der Waals surface area contributed by atoms with E-state index in [1.54, 1.807) is 24.4 Å². The van der Waals surface area contributed by atoms with Crippen molar-refractivity contribution < 1.29 is 21.6 Å². The van der Waals surface area contributed by atoms with Crippen LogP contribution < -0.4 is 4.72 Å². The molecule has 1 N–H and O–H groups in total. The van der Waals surface area contributed by atoms with Gasteiger partial charge in [-0.25, -0.2) is 8.42 Å². The molecular formula is C21H20ClF3N2O2S2. The molecule has 2 aromatic heterocycles. The Bertz CT molecular complexity index is 1160. The van der Waals surface area contributed by atoms with Crippen LogP contribution in [0.2, 0.25) is 5.02 Å². The number of hydrogen-bond acceptors (Lipinski definition) is 4. The van der Waals surface area contributed by atoms with E-state index in [1.807, 2.05) is 23.6 Å². The summed E-state index contributed by atoms with van der Waals surface area (Å²) in [7, 11) is -3.39. The number of pyridine rings is 1. The van der Waals surface area contributed by atoms with Crippen molar-refractivity contribution >= 4 is 38.6 Å². The minimum absolute atomic E-state index is 0.0840. The normalized spacial score (nSPS) is 12.2. The average Bonchev–Trinajstić information content (AvgIpc) is 3.13. The van der Waals surface area contributed by atoms with Gasteiger partial charge in [0.1, 0.15) is 0 Å². The van der Waals surface area contributed by atoms with E-state index in [0.717, 1.165) is 33.5 Å². The molecule has 3 rings (SSSR count). The predicted molar refractivity (Wildman–Crippen MR) is 120 cm³/mol. The van der Waals surface area contributed by atoms with Crippen LogP contribution in [0.5, 0.6) is 0 Å². The summed E-state index contributed by atoms with van der Waals surface area (Å²) in [5.74, 6) is 0. The van der Waals surface area contributed by atoms with Gasteiger partial charge in [-0.2, -0.15) is 13.2 Å². The topological polar surface area (TPSA) is 59.1 Å². The molecule has 0 amide bonds. The van der Waals surface area contributed by atoms with Crippen molar-refractivity contribution in [2.75, 3.05) is 11.0 Å². The molecule has 166 valence electrons. The number of nitrogens with one attached hydrogen (secondary N) is 1. The summed E-state index contributed by atoms with van der Waals surface area (Å²) in [6, 6.07) is 10.7. The summed E-state index contributed by atoms with van der Waals surface area (Å²) >= 11 is 7.85. The highest BCUT2D eigenvalue weighted by atomic mass is 35.5. The Morgan fingerprint density at radius 2 is 1.87 bits per heavy atom. The molecule has 0 saturated heterocycles. The van der Waals surface area contributed by atoms with Crippen molar-refractivity contribution in [3.8, 4) is 21.6 Å². The number of halogens is 4. The average molecular weight is 489 g/mol. The van der Waals surface area contributed by atoms with E-state index >= 15 is 0 Å². The zero-order valence-electron chi connectivity index (χ0n) is 16.5. The molecule has 0 aliphatic rings. The summed E-state index contributed by atoms with van der Waals surface area (Å²) < 4.78 is 62.0. The highest BCUT2D eigenvalue weighted by Crippen LogP contribution is 2.37. The number of alkyl halides is 3. The first-order valence-corrected chi connectivity index (χ1v) is 12.5. The number of sulfonamides is 1. The van der Waals surface area contributed by atoms with Gasteiger partial charge in [-0.1, -0.05) is 11.6 Å². The Morgan fingerprint density at radius 1 is 1.10 bits per heavy atom. The summed E-state index contributed by atoms with van der Waals surface area (Å²) in [5.41, 5.74) is 3.79. The molecule has 0 radical (unpaired) electrons. The third kappa shape index (κ3) is 7.22. The van der Waals surface area contributed by atoms with Gasteiger partial charge in [-0.15, -0.1) is 11.3 Å². The van der Waals surface area contributed by atoms with E-state index < -0.39 is 22.6 Å². The van der Waals surface area contributed by atoms with Gasteiger partial charge >= 0.3 is 6.18 Å². The fraction of sp³-hybridized carbons (Fsp3) is 0.286. The van der Waals surface area contributed by atoms with Gasteiger partial charge in [0.25, 0.3) is 0 Å². The molecule has 31 heavy (non-hydrogen) atoms. The zero-order valence-corrected chi connectivity index (χ0v) is 18.9. The Morgan fingerprint density at radius 3 is 2.55 bits per heavy atom. The van der Waals surface area contributed by atoms with Gasteiger partial charge < -0.3 is 0 Å². The third-order valence-electron chi connectivity index (χ3n) is 4.43. The van der Waals surface area contributed by atoms with Crippen molar-refractivity contribution in [3.05, 3.63) is 58.7 Å². The Hall–Kier alpha value is -2.10. The van der Waals surface area contributed by atoms with Gasteiger partial charge in [0, 0.05) is 34.4 Å². The maximum Gasteiger partial charge on any atom is 0.389 e. The van der Waals surface area contributed by atoms with Gasteiger partial charge in [0.15, 0.2) is 0 Å². The summed E-state index contributed by atoms with van der Waals surface area (Å²) in [4.78, 5) is 5.17. The molecule has 3 aromatic rings. The quantitative estimate of drug-likeness (QED) is 0.355. The molecule has 0 atom stereocenters. The lowest BCUT2D eigenvalue weighted by molar-refractivity contribution is -0.135. The molecule has 2 heterocycles. The third-order valence-corrected chi connectivity index (χ3v) is 6.31. The van der Waals surface area contributed by atoms with Gasteiger partial charge in [-0.05, 0) is 72.2 Å². The number of anilines is 1. The molecule has 0 aliphatic heterocycles. The molecule has 0 spiro atoms. The van der Waals surface area contributed by atoms with Crippen molar-refractivity contribution in [2.45, 2.75) is 31.9 Å². The highest BCUT2D eigenvalue weighted by molar-refractivity contribution is 7.92. The second-order valence-electron chi connectivity index (χ2n) is 7.13. The SMILES string of the molecule is CS(=O)(=O)Nc1ccc(-c2cc(-c3ccnc(CCCCC(F)(F)F)c3)cs2)c(Cl)c1. The maximum absolute atomic E-state index is 12.3. The van der Waals surface area contributed by atoms with Crippen LogP contribution in [-0.4, -0.2) is 25.8 Å². The van der Waals surface area contributed by atoms with Gasteiger partial charge in [0.05, 0.1) is 11.3 Å². The fourth-order valence-electron chi connectivity index (χ4n) is 3.05. The lowest BCUT2D eigenvalue weighted by Gasteiger charge is -2.07. The standard InChI is InChI=1S/C21H20ClF3N2O2S2/c1-31(28,29)27-17-5-6-18(19(22)12-17)20-11-15(13-30-20)14-7-9-26-16(10-14)4-2-3-8-21(23,24)25/h5-7,9-13,27H,2-4,8H2,1H3. The smallest absolute Gasteiger partial charge is 0.284 e. The fourth-order valence-corrected chi connectivity index (χ4v) is 4.90. The highest BCUT2D eigenvalue weighted by Gasteiger charge is 2.25. The van der Waals surface area contributed by atoms with E-state index in [2.05, 4.69) is 9.71 Å². The number of thiophene rings is 1. The van der Waals surface area contributed by atoms with Crippen LogP contribution in [0.3, 0.4) is 0 Å². The zero-order chi connectivity index (χ0) is 22.6. The number of aryl methyl sites for hydroxylation is 1. The summed E-state index contributed by atoms with van der Waals surface area (Å²) in [5, 5.41) is 2.39. The Labute approximate surface area is 188 Å². The monoisotopic (exact) mass is 488 g/mol. The van der Waals surface area contributed by atoms with Crippen LogP contribution >= 0.6 is 22.9 Å². The Kier molecular flexibility index (Phi) is 7.28. The second-order valence-corrected chi connectivity index (χ2v) is 10.2. The van der Waals surface area contributed by atoms with Gasteiger partial charge in [0.2, 0.25) is 10.0 Å². The maximum atomic E-state index is 12.3. The van der Waals surface area contributed by atoms with Crippen LogP contribution in [0.15, 0.2) is 48.0 Å². The number of unbranched alkanes of at least 4 members (excludes halogenated alkanes) is 1. The van der Waals surface area contributed by atoms with Crippen molar-refractivity contribution in [1.29, 1.82) is 0 Å². The van der Waals surface area contributed by atoms with Crippen LogP contribution in [-0.2, 0) is 16.4 Å². The first-order valence-electron chi connectivity index (χ1n) is 9.38. The predicted octanol–water partition coefficient (Wildman–Crippen LogP) is 6.78. The summed E-state index contributed by atoms with van der Waals surface area (Å²) in [6.45, 7) is 0. The first kappa shape index (κ1) is 23.6. The lowest BCUT2D eigenvalue weighted by atomic mass is 10.1. The number of hydrogen-bond donors (Lipinski definition) is 1. The molecule has 0 unspecified atom stereocenters. The van der Waals surface area contributed by atoms with Crippen molar-refractivity contribution in [3.63, 3.8) is 0 Å². The van der Waals surface area contributed by atoms with Crippen LogP contribution in [0.4, 0.5) is 18.9 Å². The molecule has 0 fully saturated rings. The number of benzene rings is 1. The molecule has 4 nitrogen and oxygen atoms in total. The summed E-state index contributed by atoms with van der Waals surface area (Å²) in [6.07, 6.45) is -1.18. The van der Waals surface area contributed by atoms with Crippen LogP contribution in [0.25, 0.3) is 21.6 Å². The first-order chi connectivity index (χ1) is 14.5. The number of rotatable bonds is 8. The van der Waals surface area contributed by atoms with E-state index in [1.165, 1.54) is 11.3 Å². The van der Waals surface area contributed by atoms with E-state index in [-0.39, 0.29) is 6.42 Å². The lowest BCUT2D eigenvalue weighted by Crippen LogP contribution is -2.09.